The van der Waals surface area contributed by atoms with E-state index in [-0.39, 0.29) is 6.04 Å². The lowest BCUT2D eigenvalue weighted by atomic mass is 10.1. The summed E-state index contributed by atoms with van der Waals surface area (Å²) >= 11 is 0. The molecule has 1 rings (SSSR count). The third kappa shape index (κ3) is 4.89. The van der Waals surface area contributed by atoms with E-state index in [1.807, 2.05) is 6.07 Å². The Bertz CT molecular complexity index is 333. The zero-order chi connectivity index (χ0) is 12.5. The van der Waals surface area contributed by atoms with Gasteiger partial charge in [0.15, 0.2) is 5.96 Å². The van der Waals surface area contributed by atoms with Crippen LogP contribution in [0.3, 0.4) is 0 Å². The Balaban J connectivity index is 2.46. The van der Waals surface area contributed by atoms with E-state index < -0.39 is 0 Å². The average Bonchev–Trinajstić information content (AvgIpc) is 2.38. The summed E-state index contributed by atoms with van der Waals surface area (Å²) in [5.74, 6) is 0.870. The second-order valence-corrected chi connectivity index (χ2v) is 4.13. The smallest absolute Gasteiger partial charge is 0.191 e. The van der Waals surface area contributed by atoms with Crippen molar-refractivity contribution in [3.8, 4) is 0 Å². The highest BCUT2D eigenvalue weighted by Gasteiger charge is 2.06. The van der Waals surface area contributed by atoms with Crippen LogP contribution < -0.4 is 10.6 Å². The molecule has 0 saturated heterocycles. The molecule has 1 aromatic rings. The van der Waals surface area contributed by atoms with Crippen LogP contribution in [0.15, 0.2) is 35.3 Å². The predicted molar refractivity (Wildman–Crippen MR) is 74.3 cm³/mol. The molecule has 94 valence electrons. The highest BCUT2D eigenvalue weighted by Crippen LogP contribution is 2.10. The minimum Gasteiger partial charge on any atom is -0.356 e. The summed E-state index contributed by atoms with van der Waals surface area (Å²) in [6.45, 7) is 5.30. The lowest BCUT2D eigenvalue weighted by molar-refractivity contribution is 0.671. The summed E-state index contributed by atoms with van der Waals surface area (Å²) in [6, 6.07) is 10.7. The molecule has 0 aromatic heterocycles. The number of unbranched alkanes of at least 4 members (excludes halogenated alkanes) is 1. The Morgan fingerprint density at radius 2 is 2.00 bits per heavy atom. The molecule has 0 aliphatic rings. The zero-order valence-corrected chi connectivity index (χ0v) is 11.0. The van der Waals surface area contributed by atoms with Crippen molar-refractivity contribution in [2.45, 2.75) is 32.7 Å². The minimum atomic E-state index is 0.268. The number of aliphatic imine (C=N–C) groups is 1. The summed E-state index contributed by atoms with van der Waals surface area (Å²) < 4.78 is 0. The van der Waals surface area contributed by atoms with E-state index in [2.05, 4.69) is 53.7 Å². The van der Waals surface area contributed by atoms with E-state index in [0.29, 0.717) is 0 Å². The lowest BCUT2D eigenvalue weighted by Gasteiger charge is -2.18. The van der Waals surface area contributed by atoms with Crippen molar-refractivity contribution in [3.05, 3.63) is 35.9 Å². The molecule has 17 heavy (non-hydrogen) atoms. The molecule has 2 N–H and O–H groups in total. The molecule has 3 heteroatoms. The van der Waals surface area contributed by atoms with Gasteiger partial charge in [0.2, 0.25) is 0 Å². The van der Waals surface area contributed by atoms with Crippen LogP contribution in [-0.4, -0.2) is 19.6 Å². The first-order chi connectivity index (χ1) is 8.27. The van der Waals surface area contributed by atoms with Crippen LogP contribution in [-0.2, 0) is 0 Å². The number of rotatable bonds is 5. The molecule has 3 nitrogen and oxygen atoms in total. The minimum absolute atomic E-state index is 0.268. The fourth-order valence-electron chi connectivity index (χ4n) is 1.61. The second-order valence-electron chi connectivity index (χ2n) is 4.13. The second kappa shape index (κ2) is 7.71. The third-order valence-corrected chi connectivity index (χ3v) is 2.70. The maximum absolute atomic E-state index is 4.22. The fourth-order valence-corrected chi connectivity index (χ4v) is 1.61. The van der Waals surface area contributed by atoms with Gasteiger partial charge in [-0.05, 0) is 18.9 Å². The highest BCUT2D eigenvalue weighted by molar-refractivity contribution is 5.80. The summed E-state index contributed by atoms with van der Waals surface area (Å²) in [4.78, 5) is 4.22. The molecule has 1 atom stereocenters. The van der Waals surface area contributed by atoms with E-state index in [1.54, 1.807) is 7.05 Å². The Morgan fingerprint density at radius 1 is 1.29 bits per heavy atom. The molecule has 0 radical (unpaired) electrons. The number of guanidine groups is 1. The maximum Gasteiger partial charge on any atom is 0.191 e. The van der Waals surface area contributed by atoms with Crippen LogP contribution in [0, 0.1) is 0 Å². The first-order valence-electron chi connectivity index (χ1n) is 6.30. The number of nitrogens with zero attached hydrogens (tertiary/aromatic N) is 1. The molecular formula is C14H23N3. The molecule has 0 amide bonds. The van der Waals surface area contributed by atoms with Crippen LogP contribution in [0.4, 0.5) is 0 Å². The van der Waals surface area contributed by atoms with Crippen LogP contribution >= 0.6 is 0 Å². The number of nitrogens with one attached hydrogen (secondary N) is 2. The van der Waals surface area contributed by atoms with Crippen molar-refractivity contribution in [2.24, 2.45) is 4.99 Å². The SMILES string of the molecule is CCCCNC(=NC)NC(C)c1ccccc1. The van der Waals surface area contributed by atoms with Crippen molar-refractivity contribution < 1.29 is 0 Å². The van der Waals surface area contributed by atoms with Gasteiger partial charge in [-0.3, -0.25) is 4.99 Å². The molecule has 0 aliphatic heterocycles. The van der Waals surface area contributed by atoms with Gasteiger partial charge >= 0.3 is 0 Å². The standard InChI is InChI=1S/C14H23N3/c1-4-5-11-16-14(15-3)17-12(2)13-9-7-6-8-10-13/h6-10,12H,4-5,11H2,1-3H3,(H2,15,16,17). The van der Waals surface area contributed by atoms with E-state index in [4.69, 9.17) is 0 Å². The van der Waals surface area contributed by atoms with Gasteiger partial charge in [-0.15, -0.1) is 0 Å². The molecule has 1 unspecified atom stereocenters. The Labute approximate surface area is 104 Å². The van der Waals surface area contributed by atoms with E-state index in [9.17, 15) is 0 Å². The van der Waals surface area contributed by atoms with Gasteiger partial charge in [-0.25, -0.2) is 0 Å². The van der Waals surface area contributed by atoms with E-state index in [0.717, 1.165) is 12.5 Å². The number of benzene rings is 1. The van der Waals surface area contributed by atoms with Gasteiger partial charge in [-0.2, -0.15) is 0 Å². The number of hydrogen-bond acceptors (Lipinski definition) is 1. The van der Waals surface area contributed by atoms with Gasteiger partial charge < -0.3 is 10.6 Å². The van der Waals surface area contributed by atoms with Crippen LogP contribution in [0.2, 0.25) is 0 Å². The molecule has 0 aliphatic carbocycles. The van der Waals surface area contributed by atoms with E-state index >= 15 is 0 Å². The predicted octanol–water partition coefficient (Wildman–Crippen LogP) is 2.71. The van der Waals surface area contributed by atoms with Crippen LogP contribution in [0.5, 0.6) is 0 Å². The molecule has 1 aromatic carbocycles. The molecule has 0 bridgehead atoms. The normalized spacial score (nSPS) is 13.2. The summed E-state index contributed by atoms with van der Waals surface area (Å²) in [6.07, 6.45) is 2.36. The van der Waals surface area contributed by atoms with Crippen molar-refractivity contribution >= 4 is 5.96 Å². The molecule has 0 heterocycles. The summed E-state index contributed by atoms with van der Waals surface area (Å²) in [5, 5.41) is 6.69. The molecule has 0 fully saturated rings. The van der Waals surface area contributed by atoms with E-state index in [1.165, 1.54) is 18.4 Å². The first-order valence-corrected chi connectivity index (χ1v) is 6.30. The quantitative estimate of drug-likeness (QED) is 0.466. The third-order valence-electron chi connectivity index (χ3n) is 2.70. The molecular weight excluding hydrogens is 210 g/mol. The zero-order valence-electron chi connectivity index (χ0n) is 11.0. The Morgan fingerprint density at radius 3 is 2.59 bits per heavy atom. The molecule has 0 saturated carbocycles. The number of hydrogen-bond donors (Lipinski definition) is 2. The van der Waals surface area contributed by atoms with Gasteiger partial charge in [0.1, 0.15) is 0 Å². The monoisotopic (exact) mass is 233 g/mol. The summed E-state index contributed by atoms with van der Waals surface area (Å²) in [5.41, 5.74) is 1.27. The molecule has 0 spiro atoms. The van der Waals surface area contributed by atoms with Crippen molar-refractivity contribution in [2.75, 3.05) is 13.6 Å². The van der Waals surface area contributed by atoms with Crippen molar-refractivity contribution in [3.63, 3.8) is 0 Å². The van der Waals surface area contributed by atoms with Crippen LogP contribution in [0.25, 0.3) is 0 Å². The van der Waals surface area contributed by atoms with Gasteiger partial charge in [-0.1, -0.05) is 43.7 Å². The van der Waals surface area contributed by atoms with Crippen molar-refractivity contribution in [1.29, 1.82) is 0 Å². The summed E-state index contributed by atoms with van der Waals surface area (Å²) in [7, 11) is 1.80. The fraction of sp³-hybridized carbons (Fsp3) is 0.500. The van der Waals surface area contributed by atoms with Gasteiger partial charge in [0.25, 0.3) is 0 Å². The maximum atomic E-state index is 4.22. The van der Waals surface area contributed by atoms with Gasteiger partial charge in [0, 0.05) is 13.6 Å². The lowest BCUT2D eigenvalue weighted by Crippen LogP contribution is -2.39. The Hall–Kier alpha value is -1.51. The van der Waals surface area contributed by atoms with Crippen molar-refractivity contribution in [1.82, 2.24) is 10.6 Å². The largest absolute Gasteiger partial charge is 0.356 e. The van der Waals surface area contributed by atoms with Crippen LogP contribution in [0.1, 0.15) is 38.3 Å². The first kappa shape index (κ1) is 13.6. The average molecular weight is 233 g/mol. The topological polar surface area (TPSA) is 36.4 Å². The Kier molecular flexibility index (Phi) is 6.15. The highest BCUT2D eigenvalue weighted by atomic mass is 15.2. The van der Waals surface area contributed by atoms with Gasteiger partial charge in [0.05, 0.1) is 6.04 Å².